The summed E-state index contributed by atoms with van der Waals surface area (Å²) in [4.78, 5) is 25.0. The Bertz CT molecular complexity index is 1260. The van der Waals surface area contributed by atoms with E-state index in [1.165, 1.54) is 30.7 Å². The fourth-order valence-electron chi connectivity index (χ4n) is 3.81. The first-order valence-electron chi connectivity index (χ1n) is 9.83. The van der Waals surface area contributed by atoms with E-state index in [4.69, 9.17) is 13.7 Å². The Kier molecular flexibility index (Phi) is 6.18. The summed E-state index contributed by atoms with van der Waals surface area (Å²) in [5.41, 5.74) is -0.191. The van der Waals surface area contributed by atoms with Gasteiger partial charge < -0.3 is 14.0 Å². The molecule has 0 saturated heterocycles. The molecule has 2 aromatic rings. The van der Waals surface area contributed by atoms with Gasteiger partial charge >= 0.3 is 5.97 Å². The summed E-state index contributed by atoms with van der Waals surface area (Å²) < 4.78 is 40.9. The molecule has 0 bridgehead atoms. The Balaban J connectivity index is 2.17. The maximum Gasteiger partial charge on any atom is 0.303 e. The van der Waals surface area contributed by atoms with Crippen molar-refractivity contribution in [1.82, 2.24) is 4.57 Å². The maximum absolute atomic E-state index is 13.1. The van der Waals surface area contributed by atoms with Crippen LogP contribution in [0.1, 0.15) is 56.5 Å². The van der Waals surface area contributed by atoms with Crippen molar-refractivity contribution in [2.45, 2.75) is 51.5 Å². The number of nitriles is 1. The topological polar surface area (TPSA) is 125 Å². The van der Waals surface area contributed by atoms with Crippen molar-refractivity contribution in [3.8, 4) is 11.8 Å². The van der Waals surface area contributed by atoms with Crippen LogP contribution < -0.4 is 10.3 Å². The average molecular weight is 461 g/mol. The summed E-state index contributed by atoms with van der Waals surface area (Å²) in [6.07, 6.45) is 0.683. The Morgan fingerprint density at radius 3 is 2.53 bits per heavy atom. The smallest absolute Gasteiger partial charge is 0.303 e. The summed E-state index contributed by atoms with van der Waals surface area (Å²) in [6, 6.07) is 8.98. The number of pyridine rings is 1. The minimum atomic E-state index is -3.71. The number of nitrogens with zero attached hydrogens (tertiary/aromatic N) is 2. The fourth-order valence-corrected chi connectivity index (χ4v) is 4.45. The van der Waals surface area contributed by atoms with Gasteiger partial charge in [-0.1, -0.05) is 0 Å². The molecule has 32 heavy (non-hydrogen) atoms. The Labute approximate surface area is 186 Å². The highest BCUT2D eigenvalue weighted by atomic mass is 32.2. The van der Waals surface area contributed by atoms with Gasteiger partial charge in [0.25, 0.3) is 15.7 Å². The van der Waals surface area contributed by atoms with Crippen molar-refractivity contribution in [2.75, 3.05) is 6.26 Å². The van der Waals surface area contributed by atoms with Crippen LogP contribution in [0.2, 0.25) is 0 Å². The number of carbonyl (C=O) groups is 1. The molecule has 3 unspecified atom stereocenters. The minimum Gasteiger partial charge on any atom is -0.484 e. The van der Waals surface area contributed by atoms with Crippen LogP contribution in [0.4, 0.5) is 0 Å². The molecule has 9 nitrogen and oxygen atoms in total. The minimum absolute atomic E-state index is 0.360. The second kappa shape index (κ2) is 8.41. The molecule has 0 aliphatic carbocycles. The molecule has 2 heterocycles. The van der Waals surface area contributed by atoms with Crippen molar-refractivity contribution in [3.05, 3.63) is 63.6 Å². The van der Waals surface area contributed by atoms with Crippen LogP contribution in [0.25, 0.3) is 0 Å². The zero-order valence-electron chi connectivity index (χ0n) is 18.4. The lowest BCUT2D eigenvalue weighted by molar-refractivity contribution is -0.163. The first-order valence-corrected chi connectivity index (χ1v) is 11.6. The van der Waals surface area contributed by atoms with E-state index in [-0.39, 0.29) is 0 Å². The third kappa shape index (κ3) is 4.84. The summed E-state index contributed by atoms with van der Waals surface area (Å²) in [5.74, 6) is -0.0800. The molecule has 10 heteroatoms. The molecule has 3 atom stereocenters. The van der Waals surface area contributed by atoms with Crippen LogP contribution in [0.15, 0.2) is 41.3 Å². The number of esters is 1. The highest BCUT2D eigenvalue weighted by molar-refractivity contribution is 7.86. The van der Waals surface area contributed by atoms with Gasteiger partial charge in [0.15, 0.2) is 6.10 Å². The highest BCUT2D eigenvalue weighted by Gasteiger charge is 2.47. The first kappa shape index (κ1) is 23.5. The standard InChI is InChI=1S/C22H24N2O7S/c1-13(31-32(5,27)28)16-8-9-24(19(26)11-16)20-17-10-15(12-23)6-7-18(17)30-22(3,4)21(20)29-14(2)25/h6-11,13,20-21H,1-5H3. The molecule has 0 N–H and O–H groups in total. The van der Waals surface area contributed by atoms with E-state index in [1.807, 2.05) is 0 Å². The number of ether oxygens (including phenoxy) is 2. The SMILES string of the molecule is CC(=O)OC1C(n2ccc(C(C)OS(C)(=O)=O)cc2=O)c2cc(C#N)ccc2OC1(C)C. The molecular formula is C22H24N2O7S. The van der Waals surface area contributed by atoms with Crippen molar-refractivity contribution >= 4 is 16.1 Å². The monoisotopic (exact) mass is 460 g/mol. The fraction of sp³-hybridized carbons (Fsp3) is 0.409. The van der Waals surface area contributed by atoms with Gasteiger partial charge in [-0.3, -0.25) is 13.8 Å². The number of benzene rings is 1. The predicted molar refractivity (Wildman–Crippen MR) is 115 cm³/mol. The molecule has 1 aromatic heterocycles. The van der Waals surface area contributed by atoms with E-state index in [1.54, 1.807) is 38.1 Å². The van der Waals surface area contributed by atoms with E-state index < -0.39 is 45.5 Å². The average Bonchev–Trinajstić information content (AvgIpc) is 2.67. The second-order valence-electron chi connectivity index (χ2n) is 8.19. The third-order valence-electron chi connectivity index (χ3n) is 5.16. The summed E-state index contributed by atoms with van der Waals surface area (Å²) in [7, 11) is -3.71. The van der Waals surface area contributed by atoms with E-state index in [0.717, 1.165) is 6.26 Å². The van der Waals surface area contributed by atoms with Gasteiger partial charge in [-0.2, -0.15) is 13.7 Å². The molecule has 0 spiro atoms. The van der Waals surface area contributed by atoms with Gasteiger partial charge in [-0.05, 0) is 50.6 Å². The Morgan fingerprint density at radius 2 is 1.97 bits per heavy atom. The van der Waals surface area contributed by atoms with E-state index in [0.29, 0.717) is 22.4 Å². The van der Waals surface area contributed by atoms with Crippen LogP contribution in [-0.4, -0.2) is 36.9 Å². The van der Waals surface area contributed by atoms with Gasteiger partial charge in [0.05, 0.1) is 24.0 Å². The number of hydrogen-bond donors (Lipinski definition) is 0. The predicted octanol–water partition coefficient (Wildman–Crippen LogP) is 2.45. The Hall–Kier alpha value is -3.16. The molecule has 0 saturated carbocycles. The molecule has 1 aromatic carbocycles. The highest BCUT2D eigenvalue weighted by Crippen LogP contribution is 2.43. The van der Waals surface area contributed by atoms with Gasteiger partial charge in [-0.15, -0.1) is 0 Å². The molecular weight excluding hydrogens is 436 g/mol. The molecule has 0 fully saturated rings. The second-order valence-corrected chi connectivity index (χ2v) is 9.79. The van der Waals surface area contributed by atoms with Crippen LogP contribution in [-0.2, 0) is 23.8 Å². The largest absolute Gasteiger partial charge is 0.484 e. The maximum atomic E-state index is 13.1. The lowest BCUT2D eigenvalue weighted by Gasteiger charge is -2.44. The lowest BCUT2D eigenvalue weighted by Crippen LogP contribution is -2.54. The quantitative estimate of drug-likeness (QED) is 0.492. The molecule has 0 radical (unpaired) electrons. The number of hydrogen-bond acceptors (Lipinski definition) is 8. The number of aromatic nitrogens is 1. The molecule has 1 aliphatic heterocycles. The summed E-state index contributed by atoms with van der Waals surface area (Å²) >= 11 is 0. The van der Waals surface area contributed by atoms with Gasteiger partial charge in [0.1, 0.15) is 17.4 Å². The summed E-state index contributed by atoms with van der Waals surface area (Å²) in [5, 5.41) is 9.35. The van der Waals surface area contributed by atoms with Crippen molar-refractivity contribution in [1.29, 1.82) is 5.26 Å². The zero-order chi connectivity index (χ0) is 23.8. The summed E-state index contributed by atoms with van der Waals surface area (Å²) in [6.45, 7) is 6.28. The molecule has 1 aliphatic rings. The number of rotatable bonds is 5. The van der Waals surface area contributed by atoms with E-state index in [9.17, 15) is 23.3 Å². The van der Waals surface area contributed by atoms with Gasteiger partial charge in [0, 0.05) is 24.8 Å². The molecule has 170 valence electrons. The van der Waals surface area contributed by atoms with Crippen LogP contribution >= 0.6 is 0 Å². The first-order chi connectivity index (χ1) is 14.8. The lowest BCUT2D eigenvalue weighted by atomic mass is 9.85. The molecule has 3 rings (SSSR count). The number of fused-ring (bicyclic) bond motifs is 1. The van der Waals surface area contributed by atoms with Crippen molar-refractivity contribution in [3.63, 3.8) is 0 Å². The van der Waals surface area contributed by atoms with Crippen molar-refractivity contribution in [2.24, 2.45) is 0 Å². The van der Waals surface area contributed by atoms with Crippen LogP contribution in [0.5, 0.6) is 5.75 Å². The normalized spacial score (nSPS) is 20.4. The van der Waals surface area contributed by atoms with Crippen LogP contribution in [0.3, 0.4) is 0 Å². The van der Waals surface area contributed by atoms with Crippen LogP contribution in [0, 0.1) is 11.3 Å². The third-order valence-corrected chi connectivity index (χ3v) is 5.79. The van der Waals surface area contributed by atoms with Gasteiger partial charge in [0.2, 0.25) is 0 Å². The van der Waals surface area contributed by atoms with Crippen molar-refractivity contribution < 1.29 is 26.9 Å². The van der Waals surface area contributed by atoms with E-state index >= 15 is 0 Å². The van der Waals surface area contributed by atoms with Gasteiger partial charge in [-0.25, -0.2) is 0 Å². The molecule has 0 amide bonds. The number of carbonyl (C=O) groups excluding carboxylic acids is 1. The zero-order valence-corrected chi connectivity index (χ0v) is 19.2. The van der Waals surface area contributed by atoms with E-state index in [2.05, 4.69) is 6.07 Å². The Morgan fingerprint density at radius 1 is 1.28 bits per heavy atom.